The standard InChI is InChI=1S/C26H37N7O7/c1-15(30-21(35)13-27)24(38)29-14-22(36)32-10-3-5-20(32)26(40)33-11-2-4-19(33)25(39)31-18(23(28)37)12-16-6-8-17(34)9-7-16/h6-9,15,18-20,34H,2-5,10-14,27H2,1H3,(H2,28,37)(H,29,38)(H,30,35)(H,31,39)/t15-,18-,19-,20+/m0/s1. The molecule has 14 heteroatoms. The van der Waals surface area contributed by atoms with E-state index in [1.165, 1.54) is 28.9 Å². The lowest BCUT2D eigenvalue weighted by Crippen LogP contribution is -2.56. The summed E-state index contributed by atoms with van der Waals surface area (Å²) in [5, 5.41) is 17.0. The van der Waals surface area contributed by atoms with Gasteiger partial charge in [0, 0.05) is 19.5 Å². The molecule has 218 valence electrons. The van der Waals surface area contributed by atoms with Crippen LogP contribution in [0.15, 0.2) is 24.3 Å². The molecule has 8 N–H and O–H groups in total. The maximum absolute atomic E-state index is 13.5. The van der Waals surface area contributed by atoms with Gasteiger partial charge in [0.1, 0.15) is 29.9 Å². The second-order valence-corrected chi connectivity index (χ2v) is 9.98. The van der Waals surface area contributed by atoms with E-state index in [4.69, 9.17) is 11.5 Å². The molecule has 14 nitrogen and oxygen atoms in total. The van der Waals surface area contributed by atoms with Crippen molar-refractivity contribution in [2.75, 3.05) is 26.2 Å². The predicted molar refractivity (Wildman–Crippen MR) is 142 cm³/mol. The van der Waals surface area contributed by atoms with Crippen molar-refractivity contribution in [3.05, 3.63) is 29.8 Å². The quantitative estimate of drug-likeness (QED) is 0.169. The third kappa shape index (κ3) is 7.68. The molecule has 0 saturated carbocycles. The first-order valence-electron chi connectivity index (χ1n) is 13.3. The summed E-state index contributed by atoms with van der Waals surface area (Å²) in [4.78, 5) is 78.1. The fourth-order valence-electron chi connectivity index (χ4n) is 4.96. The van der Waals surface area contributed by atoms with Crippen LogP contribution in [-0.4, -0.2) is 101 Å². The zero-order valence-electron chi connectivity index (χ0n) is 22.4. The van der Waals surface area contributed by atoms with E-state index in [0.29, 0.717) is 44.3 Å². The summed E-state index contributed by atoms with van der Waals surface area (Å²) in [5.41, 5.74) is 11.4. The lowest BCUT2D eigenvalue weighted by Gasteiger charge is -2.31. The van der Waals surface area contributed by atoms with Gasteiger partial charge in [0.25, 0.3) is 0 Å². The summed E-state index contributed by atoms with van der Waals surface area (Å²) >= 11 is 0. The van der Waals surface area contributed by atoms with E-state index in [1.807, 2.05) is 0 Å². The highest BCUT2D eigenvalue weighted by Crippen LogP contribution is 2.25. The lowest BCUT2D eigenvalue weighted by molar-refractivity contribution is -0.146. The molecule has 0 unspecified atom stereocenters. The van der Waals surface area contributed by atoms with Gasteiger partial charge in [-0.05, 0) is 50.3 Å². The Labute approximate surface area is 231 Å². The summed E-state index contributed by atoms with van der Waals surface area (Å²) in [7, 11) is 0. The Hall–Kier alpha value is -4.20. The number of nitrogens with zero attached hydrogens (tertiary/aromatic N) is 2. The maximum Gasteiger partial charge on any atom is 0.246 e. The molecule has 2 fully saturated rings. The Morgan fingerprint density at radius 1 is 0.975 bits per heavy atom. The van der Waals surface area contributed by atoms with E-state index in [1.54, 1.807) is 12.1 Å². The number of phenols is 1. The van der Waals surface area contributed by atoms with Crippen molar-refractivity contribution in [2.45, 2.75) is 63.2 Å². The van der Waals surface area contributed by atoms with Gasteiger partial charge in [-0.25, -0.2) is 0 Å². The van der Waals surface area contributed by atoms with Crippen molar-refractivity contribution in [3.63, 3.8) is 0 Å². The molecule has 1 aromatic rings. The number of amides is 6. The fraction of sp³-hybridized carbons (Fsp3) is 0.538. The van der Waals surface area contributed by atoms with Crippen LogP contribution in [0.4, 0.5) is 0 Å². The number of hydrogen-bond donors (Lipinski definition) is 6. The number of aromatic hydroxyl groups is 1. The minimum absolute atomic E-state index is 0.0657. The molecule has 2 aliphatic heterocycles. The first-order chi connectivity index (χ1) is 19.0. The van der Waals surface area contributed by atoms with Crippen LogP contribution < -0.4 is 27.4 Å². The molecule has 3 rings (SSSR count). The van der Waals surface area contributed by atoms with Gasteiger partial charge >= 0.3 is 0 Å². The Balaban J connectivity index is 1.60. The average molecular weight is 560 g/mol. The SMILES string of the molecule is C[C@H](NC(=O)CN)C(=O)NCC(=O)N1CCC[C@@H]1C(=O)N1CCC[C@H]1C(=O)N[C@@H](Cc1ccc(O)cc1)C(N)=O. The molecule has 40 heavy (non-hydrogen) atoms. The van der Waals surface area contributed by atoms with Crippen molar-refractivity contribution in [2.24, 2.45) is 11.5 Å². The van der Waals surface area contributed by atoms with Gasteiger partial charge in [0.05, 0.1) is 13.1 Å². The second kappa shape index (κ2) is 13.7. The Kier molecular flexibility index (Phi) is 10.4. The smallest absolute Gasteiger partial charge is 0.246 e. The van der Waals surface area contributed by atoms with E-state index < -0.39 is 53.7 Å². The number of likely N-dealkylation sites (tertiary alicyclic amines) is 2. The molecule has 2 saturated heterocycles. The van der Waals surface area contributed by atoms with Gasteiger partial charge in [0.15, 0.2) is 0 Å². The summed E-state index contributed by atoms with van der Waals surface area (Å²) in [6.45, 7) is 1.48. The number of phenolic OH excluding ortho intramolecular Hbond substituents is 1. The van der Waals surface area contributed by atoms with Crippen LogP contribution in [0.3, 0.4) is 0 Å². The van der Waals surface area contributed by atoms with Gasteiger partial charge < -0.3 is 42.3 Å². The summed E-state index contributed by atoms with van der Waals surface area (Å²) in [6, 6.07) is 2.66. The monoisotopic (exact) mass is 559 g/mol. The molecule has 2 aliphatic rings. The highest BCUT2D eigenvalue weighted by atomic mass is 16.3. The largest absolute Gasteiger partial charge is 0.508 e. The third-order valence-electron chi connectivity index (χ3n) is 7.10. The topological polar surface area (TPSA) is 217 Å². The highest BCUT2D eigenvalue weighted by Gasteiger charge is 2.42. The zero-order valence-corrected chi connectivity index (χ0v) is 22.4. The average Bonchev–Trinajstić information content (AvgIpc) is 3.62. The molecule has 0 radical (unpaired) electrons. The van der Waals surface area contributed by atoms with Gasteiger partial charge in [0.2, 0.25) is 35.4 Å². The first kappa shape index (κ1) is 30.3. The van der Waals surface area contributed by atoms with E-state index >= 15 is 0 Å². The van der Waals surface area contributed by atoms with Crippen LogP contribution in [0.25, 0.3) is 0 Å². The number of nitrogens with two attached hydrogens (primary N) is 2. The van der Waals surface area contributed by atoms with Crippen LogP contribution in [0, 0.1) is 0 Å². The summed E-state index contributed by atoms with van der Waals surface area (Å²) in [6.07, 6.45) is 2.09. The number of carbonyl (C=O) groups is 6. The van der Waals surface area contributed by atoms with Crippen LogP contribution >= 0.6 is 0 Å². The van der Waals surface area contributed by atoms with E-state index in [0.717, 1.165) is 0 Å². The Bertz CT molecular complexity index is 1130. The second-order valence-electron chi connectivity index (χ2n) is 9.98. The molecule has 0 bridgehead atoms. The molecule has 0 aromatic heterocycles. The summed E-state index contributed by atoms with van der Waals surface area (Å²) in [5.74, 6) is -3.07. The molecule has 6 amide bonds. The Morgan fingerprint density at radius 3 is 2.23 bits per heavy atom. The lowest BCUT2D eigenvalue weighted by atomic mass is 10.0. The van der Waals surface area contributed by atoms with Gasteiger partial charge in [-0.1, -0.05) is 12.1 Å². The molecular formula is C26H37N7O7. The molecule has 1 aromatic carbocycles. The number of hydrogen-bond acceptors (Lipinski definition) is 8. The van der Waals surface area contributed by atoms with E-state index in [9.17, 15) is 33.9 Å². The van der Waals surface area contributed by atoms with Gasteiger partial charge in [-0.15, -0.1) is 0 Å². The van der Waals surface area contributed by atoms with Crippen LogP contribution in [0.1, 0.15) is 38.2 Å². The van der Waals surface area contributed by atoms with Crippen molar-refractivity contribution < 1.29 is 33.9 Å². The fourth-order valence-corrected chi connectivity index (χ4v) is 4.96. The third-order valence-corrected chi connectivity index (χ3v) is 7.10. The van der Waals surface area contributed by atoms with Crippen molar-refractivity contribution >= 4 is 35.4 Å². The normalized spacial score (nSPS) is 19.9. The van der Waals surface area contributed by atoms with Crippen LogP contribution in [0.5, 0.6) is 5.75 Å². The highest BCUT2D eigenvalue weighted by molar-refractivity contribution is 5.96. The van der Waals surface area contributed by atoms with Crippen molar-refractivity contribution in [1.29, 1.82) is 0 Å². The molecule has 2 heterocycles. The van der Waals surface area contributed by atoms with E-state index in [2.05, 4.69) is 16.0 Å². The number of nitrogens with one attached hydrogen (secondary N) is 3. The molecule has 4 atom stereocenters. The molecular weight excluding hydrogens is 522 g/mol. The minimum atomic E-state index is -1.01. The number of primary amides is 1. The molecule has 0 spiro atoms. The predicted octanol–water partition coefficient (Wildman–Crippen LogP) is -2.53. The van der Waals surface area contributed by atoms with Crippen molar-refractivity contribution in [1.82, 2.24) is 25.8 Å². The van der Waals surface area contributed by atoms with Crippen LogP contribution in [-0.2, 0) is 35.2 Å². The maximum atomic E-state index is 13.5. The number of rotatable bonds is 11. The summed E-state index contributed by atoms with van der Waals surface area (Å²) < 4.78 is 0. The van der Waals surface area contributed by atoms with Crippen LogP contribution in [0.2, 0.25) is 0 Å². The van der Waals surface area contributed by atoms with Gasteiger partial charge in [-0.2, -0.15) is 0 Å². The zero-order chi connectivity index (χ0) is 29.4. The van der Waals surface area contributed by atoms with E-state index in [-0.39, 0.29) is 31.2 Å². The minimum Gasteiger partial charge on any atom is -0.508 e. The molecule has 0 aliphatic carbocycles. The van der Waals surface area contributed by atoms with Gasteiger partial charge in [-0.3, -0.25) is 28.8 Å². The number of benzene rings is 1. The Morgan fingerprint density at radius 2 is 1.60 bits per heavy atom. The number of carbonyl (C=O) groups excluding carboxylic acids is 6. The van der Waals surface area contributed by atoms with Crippen molar-refractivity contribution in [3.8, 4) is 5.75 Å². The first-order valence-corrected chi connectivity index (χ1v) is 13.3.